The average Bonchev–Trinajstić information content (AvgIpc) is 2.41. The normalized spacial score (nSPS) is 22.0. The van der Waals surface area contributed by atoms with Crippen molar-refractivity contribution >= 4 is 0 Å². The van der Waals surface area contributed by atoms with E-state index < -0.39 is 0 Å². The summed E-state index contributed by atoms with van der Waals surface area (Å²) in [6.07, 6.45) is 8.73. The van der Waals surface area contributed by atoms with E-state index in [4.69, 9.17) is 0 Å². The second kappa shape index (κ2) is 8.57. The van der Waals surface area contributed by atoms with Crippen LogP contribution in [0.4, 0.5) is 0 Å². The maximum absolute atomic E-state index is 4.12. The van der Waals surface area contributed by atoms with Crippen LogP contribution in [0, 0.1) is 5.92 Å². The van der Waals surface area contributed by atoms with E-state index in [-0.39, 0.29) is 0 Å². The van der Waals surface area contributed by atoms with Crippen molar-refractivity contribution in [2.75, 3.05) is 26.2 Å². The molecule has 0 radical (unpaired) electrons. The third-order valence-corrected chi connectivity index (χ3v) is 3.87. The predicted octanol–water partition coefficient (Wildman–Crippen LogP) is 3.40. The molecular formula is C15H30N2. The number of hydrogen-bond acceptors (Lipinski definition) is 2. The summed E-state index contributed by atoms with van der Waals surface area (Å²) in [5.74, 6) is 1.00. The Morgan fingerprint density at radius 3 is 2.59 bits per heavy atom. The van der Waals surface area contributed by atoms with Crippen molar-refractivity contribution in [3.05, 3.63) is 12.3 Å². The van der Waals surface area contributed by atoms with E-state index in [0.717, 1.165) is 25.6 Å². The zero-order chi connectivity index (χ0) is 12.5. The monoisotopic (exact) mass is 238 g/mol. The van der Waals surface area contributed by atoms with Gasteiger partial charge in [-0.25, -0.2) is 0 Å². The van der Waals surface area contributed by atoms with Gasteiger partial charge in [-0.15, -0.1) is 0 Å². The minimum Gasteiger partial charge on any atom is -0.373 e. The van der Waals surface area contributed by atoms with Gasteiger partial charge in [-0.1, -0.05) is 52.5 Å². The summed E-state index contributed by atoms with van der Waals surface area (Å²) in [5.41, 5.74) is 1.29. The molecule has 0 unspecified atom stereocenters. The van der Waals surface area contributed by atoms with Crippen molar-refractivity contribution in [2.45, 2.75) is 52.4 Å². The summed E-state index contributed by atoms with van der Waals surface area (Å²) in [7, 11) is 0. The van der Waals surface area contributed by atoms with Gasteiger partial charge in [0.05, 0.1) is 0 Å². The van der Waals surface area contributed by atoms with Crippen molar-refractivity contribution in [1.29, 1.82) is 0 Å². The van der Waals surface area contributed by atoms with Gasteiger partial charge in [-0.2, -0.15) is 0 Å². The lowest BCUT2D eigenvalue weighted by atomic mass is 9.87. The summed E-state index contributed by atoms with van der Waals surface area (Å²) in [4.78, 5) is 2.48. The number of nitrogens with one attached hydrogen (secondary N) is 1. The van der Waals surface area contributed by atoms with Crippen LogP contribution in [-0.2, 0) is 0 Å². The third kappa shape index (κ3) is 5.12. The van der Waals surface area contributed by atoms with Gasteiger partial charge < -0.3 is 10.2 Å². The average molecular weight is 238 g/mol. The lowest BCUT2D eigenvalue weighted by Gasteiger charge is -2.33. The Morgan fingerprint density at radius 1 is 1.24 bits per heavy atom. The Hall–Kier alpha value is -0.500. The van der Waals surface area contributed by atoms with E-state index in [9.17, 15) is 0 Å². The Kier molecular flexibility index (Phi) is 7.34. The largest absolute Gasteiger partial charge is 0.373 e. The lowest BCUT2D eigenvalue weighted by molar-refractivity contribution is 0.252. The number of rotatable bonds is 3. The Bertz CT molecular complexity index is 207. The highest BCUT2D eigenvalue weighted by atomic mass is 15.2. The molecule has 0 amide bonds. The predicted molar refractivity (Wildman–Crippen MR) is 76.1 cm³/mol. The number of piperazine rings is 1. The first-order valence-electron chi connectivity index (χ1n) is 7.50. The zero-order valence-electron chi connectivity index (χ0n) is 11.8. The van der Waals surface area contributed by atoms with Crippen LogP contribution in [0.25, 0.3) is 0 Å². The van der Waals surface area contributed by atoms with Crippen LogP contribution in [-0.4, -0.2) is 31.1 Å². The molecule has 100 valence electrons. The molecule has 2 fully saturated rings. The van der Waals surface area contributed by atoms with Crippen LogP contribution in [0.3, 0.4) is 0 Å². The molecule has 2 nitrogen and oxygen atoms in total. The molecular weight excluding hydrogens is 208 g/mol. The molecule has 1 heterocycles. The first kappa shape index (κ1) is 14.6. The molecule has 0 bridgehead atoms. The minimum absolute atomic E-state index is 0.991. The lowest BCUT2D eigenvalue weighted by Crippen LogP contribution is -2.42. The van der Waals surface area contributed by atoms with Gasteiger partial charge in [0.15, 0.2) is 0 Å². The maximum Gasteiger partial charge on any atom is 0.0350 e. The quantitative estimate of drug-likeness (QED) is 0.810. The fraction of sp³-hybridized carbons (Fsp3) is 0.867. The van der Waals surface area contributed by atoms with E-state index >= 15 is 0 Å². The van der Waals surface area contributed by atoms with Crippen LogP contribution in [0.15, 0.2) is 12.3 Å². The van der Waals surface area contributed by atoms with Crippen LogP contribution >= 0.6 is 0 Å². The molecule has 2 rings (SSSR count). The molecule has 1 saturated carbocycles. The van der Waals surface area contributed by atoms with Crippen LogP contribution in [0.5, 0.6) is 0 Å². The topological polar surface area (TPSA) is 15.3 Å². The Labute approximate surface area is 107 Å². The van der Waals surface area contributed by atoms with Gasteiger partial charge in [0.25, 0.3) is 0 Å². The fourth-order valence-electron chi connectivity index (χ4n) is 2.80. The van der Waals surface area contributed by atoms with Gasteiger partial charge in [0.1, 0.15) is 0 Å². The molecule has 2 aliphatic rings. The van der Waals surface area contributed by atoms with Crippen molar-refractivity contribution in [1.82, 2.24) is 10.2 Å². The molecule has 1 saturated heterocycles. The summed E-state index contributed by atoms with van der Waals surface area (Å²) in [6.45, 7) is 12.6. The van der Waals surface area contributed by atoms with Crippen LogP contribution < -0.4 is 5.32 Å². The van der Waals surface area contributed by atoms with Crippen LogP contribution in [0.2, 0.25) is 0 Å². The standard InChI is InChI=1S/C13H24N2.C2H6/c1-12-11-14-8-10-15(12)9-7-13-5-3-2-4-6-13;1-2/h13-14H,1-11H2;1-2H3. The van der Waals surface area contributed by atoms with E-state index in [1.807, 2.05) is 13.8 Å². The summed E-state index contributed by atoms with van der Waals surface area (Å²) in [6, 6.07) is 0. The van der Waals surface area contributed by atoms with Crippen molar-refractivity contribution in [3.63, 3.8) is 0 Å². The first-order valence-corrected chi connectivity index (χ1v) is 7.50. The van der Waals surface area contributed by atoms with Crippen molar-refractivity contribution in [3.8, 4) is 0 Å². The highest BCUT2D eigenvalue weighted by Crippen LogP contribution is 2.26. The number of nitrogens with zero attached hydrogens (tertiary/aromatic N) is 1. The van der Waals surface area contributed by atoms with Gasteiger partial charge in [0.2, 0.25) is 0 Å². The second-order valence-electron chi connectivity index (χ2n) is 5.02. The maximum atomic E-state index is 4.12. The minimum atomic E-state index is 0.991. The van der Waals surface area contributed by atoms with E-state index in [1.54, 1.807) is 0 Å². The summed E-state index contributed by atoms with van der Waals surface area (Å²) < 4.78 is 0. The van der Waals surface area contributed by atoms with Gasteiger partial charge in [0, 0.05) is 31.9 Å². The van der Waals surface area contributed by atoms with Crippen molar-refractivity contribution < 1.29 is 0 Å². The first-order chi connectivity index (χ1) is 8.36. The van der Waals surface area contributed by atoms with E-state index in [0.29, 0.717) is 0 Å². The molecule has 1 aliphatic carbocycles. The molecule has 0 aromatic rings. The molecule has 0 atom stereocenters. The smallest absolute Gasteiger partial charge is 0.0350 e. The summed E-state index contributed by atoms with van der Waals surface area (Å²) in [5, 5.41) is 3.36. The van der Waals surface area contributed by atoms with Crippen molar-refractivity contribution in [2.24, 2.45) is 5.92 Å². The Morgan fingerprint density at radius 2 is 1.94 bits per heavy atom. The molecule has 2 heteroatoms. The zero-order valence-corrected chi connectivity index (χ0v) is 11.8. The second-order valence-corrected chi connectivity index (χ2v) is 5.02. The SMILES string of the molecule is C=C1CNCCN1CCC1CCCCC1.CC. The molecule has 1 aliphatic heterocycles. The Balaban J connectivity index is 0.000000686. The highest BCUT2D eigenvalue weighted by molar-refractivity contribution is 4.99. The molecule has 0 aromatic carbocycles. The van der Waals surface area contributed by atoms with Gasteiger partial charge in [-0.05, 0) is 12.3 Å². The number of hydrogen-bond donors (Lipinski definition) is 1. The highest BCUT2D eigenvalue weighted by Gasteiger charge is 2.17. The van der Waals surface area contributed by atoms with E-state index in [1.165, 1.54) is 50.8 Å². The van der Waals surface area contributed by atoms with Crippen LogP contribution in [0.1, 0.15) is 52.4 Å². The van der Waals surface area contributed by atoms with Gasteiger partial charge >= 0.3 is 0 Å². The summed E-state index contributed by atoms with van der Waals surface area (Å²) >= 11 is 0. The molecule has 0 spiro atoms. The van der Waals surface area contributed by atoms with E-state index in [2.05, 4.69) is 16.8 Å². The van der Waals surface area contributed by atoms with Gasteiger partial charge in [-0.3, -0.25) is 0 Å². The third-order valence-electron chi connectivity index (χ3n) is 3.87. The molecule has 17 heavy (non-hydrogen) atoms. The molecule has 1 N–H and O–H groups in total. The molecule has 0 aromatic heterocycles. The fourth-order valence-corrected chi connectivity index (χ4v) is 2.80.